The Labute approximate surface area is 270 Å². The number of H-pyrrole nitrogens is 1. The van der Waals surface area contributed by atoms with Gasteiger partial charge in [0.25, 0.3) is 0 Å². The van der Waals surface area contributed by atoms with Crippen LogP contribution in [-0.2, 0) is 33.3 Å². The lowest BCUT2D eigenvalue weighted by Crippen LogP contribution is -2.42. The summed E-state index contributed by atoms with van der Waals surface area (Å²) >= 11 is 0. The molecular formula is C34H32N4O8P+. The van der Waals surface area contributed by atoms with Crippen molar-refractivity contribution in [3.8, 4) is 0 Å². The molecule has 0 amide bonds. The third-order valence-corrected chi connectivity index (χ3v) is 12.0. The summed E-state index contributed by atoms with van der Waals surface area (Å²) in [6, 6.07) is 29.8. The number of rotatable bonds is 9. The van der Waals surface area contributed by atoms with Crippen LogP contribution in [0.1, 0.15) is 27.0 Å². The van der Waals surface area contributed by atoms with Crippen molar-refractivity contribution in [1.82, 2.24) is 19.5 Å². The lowest BCUT2D eigenvalue weighted by Gasteiger charge is -2.27. The van der Waals surface area contributed by atoms with Crippen molar-refractivity contribution in [2.24, 2.45) is 0 Å². The van der Waals surface area contributed by atoms with Gasteiger partial charge in [-0.2, -0.15) is 4.98 Å². The van der Waals surface area contributed by atoms with E-state index in [9.17, 15) is 19.2 Å². The van der Waals surface area contributed by atoms with Gasteiger partial charge in [-0.15, -0.1) is 0 Å². The van der Waals surface area contributed by atoms with Crippen LogP contribution in [0.2, 0.25) is 0 Å². The van der Waals surface area contributed by atoms with E-state index in [-0.39, 0.29) is 12.3 Å². The molecule has 4 atom stereocenters. The molecular weight excluding hydrogens is 623 g/mol. The molecule has 240 valence electrons. The van der Waals surface area contributed by atoms with Crippen molar-refractivity contribution >= 4 is 57.7 Å². The first-order chi connectivity index (χ1) is 22.7. The molecule has 0 unspecified atom stereocenters. The van der Waals surface area contributed by atoms with Crippen LogP contribution in [0.25, 0.3) is 11.2 Å². The number of aromatic nitrogens is 4. The minimum Gasteiger partial charge on any atom is -0.463 e. The Morgan fingerprint density at radius 1 is 0.787 bits per heavy atom. The van der Waals surface area contributed by atoms with E-state index in [2.05, 4.69) is 9.97 Å². The van der Waals surface area contributed by atoms with Gasteiger partial charge in [0.15, 0.2) is 36.9 Å². The highest BCUT2D eigenvalue weighted by molar-refractivity contribution is 8.01. The van der Waals surface area contributed by atoms with Crippen LogP contribution in [0.3, 0.4) is 0 Å². The number of hydrogen-bond donors (Lipinski definition) is 1. The number of benzene rings is 3. The summed E-state index contributed by atoms with van der Waals surface area (Å²) in [5, 5.41) is 2.92. The fraction of sp³-hybridized carbons (Fsp3) is 0.235. The second-order valence-corrected chi connectivity index (χ2v) is 14.2. The summed E-state index contributed by atoms with van der Waals surface area (Å²) in [5.41, 5.74) is 0.487. The van der Waals surface area contributed by atoms with Crippen molar-refractivity contribution in [2.45, 2.75) is 45.3 Å². The zero-order valence-corrected chi connectivity index (χ0v) is 26.7. The fourth-order valence-corrected chi connectivity index (χ4v) is 10.3. The van der Waals surface area contributed by atoms with Crippen LogP contribution in [0.4, 0.5) is 0 Å². The molecule has 0 saturated carbocycles. The number of hydrogen-bond acceptors (Lipinski definition) is 10. The van der Waals surface area contributed by atoms with Gasteiger partial charge in [-0.05, 0) is 36.4 Å². The van der Waals surface area contributed by atoms with Gasteiger partial charge in [-0.3, -0.25) is 23.9 Å². The molecule has 1 aliphatic rings. The minimum atomic E-state index is -2.82. The van der Waals surface area contributed by atoms with Gasteiger partial charge in [0.2, 0.25) is 5.44 Å². The molecule has 3 heterocycles. The first kappa shape index (κ1) is 31.8. The number of carbonyl (C=O) groups excluding carboxylic acids is 3. The molecule has 1 aliphatic heterocycles. The topological polar surface area (TPSA) is 152 Å². The SMILES string of the molecule is CC(=O)OC[C@H]1O[C@@H](n2cnc3c([P+](c4ccccc4)(c4ccccc4)c4ccccc4)[nH]c(=O)nc32)[C@H](OC(C)=O)[C@@H]1OC(C)=O. The monoisotopic (exact) mass is 655 g/mol. The first-order valence-electron chi connectivity index (χ1n) is 14.9. The van der Waals surface area contributed by atoms with Gasteiger partial charge in [0, 0.05) is 20.8 Å². The summed E-state index contributed by atoms with van der Waals surface area (Å²) in [7, 11) is -2.82. The lowest BCUT2D eigenvalue weighted by atomic mass is 10.1. The second kappa shape index (κ2) is 13.3. The minimum absolute atomic E-state index is 0.160. The molecule has 6 rings (SSSR count). The number of fused-ring (bicyclic) bond motifs is 1. The summed E-state index contributed by atoms with van der Waals surface area (Å²) in [6.45, 7) is 3.38. The molecule has 0 bridgehead atoms. The second-order valence-electron chi connectivity index (χ2n) is 10.9. The maximum atomic E-state index is 13.6. The maximum absolute atomic E-state index is 13.6. The van der Waals surface area contributed by atoms with Crippen molar-refractivity contribution < 1.29 is 33.3 Å². The summed E-state index contributed by atoms with van der Waals surface area (Å²) in [5.74, 6) is -1.89. The molecule has 5 aromatic rings. The summed E-state index contributed by atoms with van der Waals surface area (Å²) in [6.07, 6.45) is -3.01. The predicted octanol–water partition coefficient (Wildman–Crippen LogP) is 2.06. The molecule has 3 aromatic carbocycles. The molecule has 0 aliphatic carbocycles. The number of aromatic amines is 1. The Balaban J connectivity index is 1.60. The molecule has 1 N–H and O–H groups in total. The van der Waals surface area contributed by atoms with E-state index in [1.54, 1.807) is 0 Å². The number of imidazole rings is 1. The average molecular weight is 656 g/mol. The molecule has 47 heavy (non-hydrogen) atoms. The molecule has 0 spiro atoms. The van der Waals surface area contributed by atoms with E-state index in [0.29, 0.717) is 11.0 Å². The van der Waals surface area contributed by atoms with Gasteiger partial charge < -0.3 is 18.9 Å². The molecule has 1 fully saturated rings. The Kier molecular flexibility index (Phi) is 8.97. The smallest absolute Gasteiger partial charge is 0.350 e. The number of nitrogens with one attached hydrogen (secondary N) is 1. The standard InChI is InChI=1S/C34H31N4O8P/c1-21(39)43-19-27-29(44-22(2)40)30(45-23(3)41)33(46-27)38-20-35-28-31(38)36-34(42)37-32(28)47(24-13-7-4-8-14-24,25-15-9-5-10-16-25)26-17-11-6-12-18-26/h4-18,20,27,29-30,33H,19H2,1-3H3/p+1/t27-,29-,30-,33-/m1/s1. The highest BCUT2D eigenvalue weighted by Crippen LogP contribution is 2.54. The largest absolute Gasteiger partial charge is 0.463 e. The summed E-state index contributed by atoms with van der Waals surface area (Å²) in [4.78, 5) is 61.8. The molecule has 0 radical (unpaired) electrons. The van der Waals surface area contributed by atoms with E-state index in [4.69, 9.17) is 23.9 Å². The van der Waals surface area contributed by atoms with Crippen molar-refractivity contribution in [3.05, 3.63) is 108 Å². The van der Waals surface area contributed by atoms with Crippen LogP contribution < -0.4 is 27.0 Å². The Morgan fingerprint density at radius 2 is 1.30 bits per heavy atom. The van der Waals surface area contributed by atoms with E-state index >= 15 is 0 Å². The van der Waals surface area contributed by atoms with Gasteiger partial charge in [-0.25, -0.2) is 9.78 Å². The van der Waals surface area contributed by atoms with Crippen LogP contribution in [-0.4, -0.2) is 62.3 Å². The van der Waals surface area contributed by atoms with Gasteiger partial charge in [-0.1, -0.05) is 54.6 Å². The quantitative estimate of drug-likeness (QED) is 0.142. The third-order valence-electron chi connectivity index (χ3n) is 7.81. The fourth-order valence-electron chi connectivity index (χ4n) is 6.05. The van der Waals surface area contributed by atoms with E-state index in [0.717, 1.165) is 15.9 Å². The van der Waals surface area contributed by atoms with E-state index < -0.39 is 55.4 Å². The first-order valence-corrected chi connectivity index (χ1v) is 16.7. The zero-order valence-electron chi connectivity index (χ0n) is 25.8. The van der Waals surface area contributed by atoms with Gasteiger partial charge in [0.05, 0.1) is 6.33 Å². The van der Waals surface area contributed by atoms with E-state index in [1.807, 2.05) is 91.0 Å². The normalized spacial score (nSPS) is 19.3. The number of carbonyl (C=O) groups is 3. The highest BCUT2D eigenvalue weighted by Gasteiger charge is 2.53. The summed E-state index contributed by atoms with van der Waals surface area (Å²) < 4.78 is 24.1. The lowest BCUT2D eigenvalue weighted by molar-refractivity contribution is -0.166. The zero-order chi connectivity index (χ0) is 33.1. The van der Waals surface area contributed by atoms with E-state index in [1.165, 1.54) is 31.7 Å². The predicted molar refractivity (Wildman–Crippen MR) is 175 cm³/mol. The van der Waals surface area contributed by atoms with Crippen molar-refractivity contribution in [1.29, 1.82) is 0 Å². The molecule has 12 nitrogen and oxygen atoms in total. The molecule has 13 heteroatoms. The van der Waals surface area contributed by atoms with Crippen LogP contribution >= 0.6 is 7.26 Å². The number of esters is 3. The Morgan fingerprint density at radius 3 is 1.79 bits per heavy atom. The van der Waals surface area contributed by atoms with Crippen molar-refractivity contribution in [3.63, 3.8) is 0 Å². The number of ether oxygens (including phenoxy) is 4. The van der Waals surface area contributed by atoms with Gasteiger partial charge >= 0.3 is 23.6 Å². The highest BCUT2D eigenvalue weighted by atomic mass is 31.2. The maximum Gasteiger partial charge on any atom is 0.350 e. The number of nitrogens with zero attached hydrogens (tertiary/aromatic N) is 3. The Hall–Kier alpha value is -5.19. The van der Waals surface area contributed by atoms with Crippen LogP contribution in [0.5, 0.6) is 0 Å². The molecule has 1 saturated heterocycles. The molecule has 2 aromatic heterocycles. The van der Waals surface area contributed by atoms with Crippen LogP contribution in [0, 0.1) is 0 Å². The van der Waals surface area contributed by atoms with Crippen LogP contribution in [0.15, 0.2) is 102 Å². The average Bonchev–Trinajstić information content (AvgIpc) is 3.62. The Bertz CT molecular complexity index is 1870. The van der Waals surface area contributed by atoms with Crippen molar-refractivity contribution in [2.75, 3.05) is 6.61 Å². The third kappa shape index (κ3) is 6.05. The van der Waals surface area contributed by atoms with Gasteiger partial charge in [0.1, 0.15) is 28.6 Å².